The first-order valence-corrected chi connectivity index (χ1v) is 9.26. The van der Waals surface area contributed by atoms with Crippen LogP contribution in [0.25, 0.3) is 0 Å². The fourth-order valence-corrected chi connectivity index (χ4v) is 4.07. The summed E-state index contributed by atoms with van der Waals surface area (Å²) in [5.41, 5.74) is 2.12. The maximum Gasteiger partial charge on any atom is 0.240 e. The lowest BCUT2D eigenvalue weighted by Gasteiger charge is -2.18. The van der Waals surface area contributed by atoms with Gasteiger partial charge in [-0.05, 0) is 36.6 Å². The highest BCUT2D eigenvalue weighted by molar-refractivity contribution is 7.89. The van der Waals surface area contributed by atoms with Crippen molar-refractivity contribution >= 4 is 27.0 Å². The van der Waals surface area contributed by atoms with Gasteiger partial charge in [0.15, 0.2) is 0 Å². The first-order valence-electron chi connectivity index (χ1n) is 6.90. The Hall–Kier alpha value is -1.44. The van der Waals surface area contributed by atoms with Crippen LogP contribution in [0.15, 0.2) is 34.7 Å². The minimum absolute atomic E-state index is 0.337. The quantitative estimate of drug-likeness (QED) is 0.883. The van der Waals surface area contributed by atoms with Crippen LogP contribution in [0, 0.1) is 0 Å². The molecule has 1 aliphatic heterocycles. The van der Waals surface area contributed by atoms with Crippen LogP contribution in [-0.2, 0) is 22.9 Å². The molecular formula is C14H17N3O2S2. The molecule has 0 bridgehead atoms. The average Bonchev–Trinajstić information content (AvgIpc) is 3.00. The minimum Gasteiger partial charge on any atom is -0.385 e. The number of sulfonamides is 1. The van der Waals surface area contributed by atoms with Crippen molar-refractivity contribution in [3.05, 3.63) is 40.3 Å². The molecule has 1 aromatic heterocycles. The van der Waals surface area contributed by atoms with Crippen molar-refractivity contribution in [1.82, 2.24) is 9.71 Å². The van der Waals surface area contributed by atoms with E-state index in [-0.39, 0.29) is 0 Å². The van der Waals surface area contributed by atoms with E-state index in [2.05, 4.69) is 15.0 Å². The first kappa shape index (κ1) is 14.5. The third-order valence-corrected chi connectivity index (χ3v) is 5.74. The van der Waals surface area contributed by atoms with Crippen LogP contribution in [0.2, 0.25) is 0 Å². The van der Waals surface area contributed by atoms with E-state index in [0.29, 0.717) is 17.9 Å². The van der Waals surface area contributed by atoms with Gasteiger partial charge in [-0.1, -0.05) is 0 Å². The van der Waals surface area contributed by atoms with E-state index in [1.165, 1.54) is 11.3 Å². The van der Waals surface area contributed by atoms with Crippen LogP contribution in [0.1, 0.15) is 17.0 Å². The average molecular weight is 323 g/mol. The van der Waals surface area contributed by atoms with E-state index in [1.807, 2.05) is 11.4 Å². The number of anilines is 1. The zero-order valence-electron chi connectivity index (χ0n) is 11.5. The molecule has 5 nitrogen and oxygen atoms in total. The van der Waals surface area contributed by atoms with Crippen molar-refractivity contribution in [3.8, 4) is 0 Å². The molecule has 0 fully saturated rings. The standard InChI is InChI=1S/C14H17N3O2S2/c18-21(19,17-7-5-14-16-8-9-20-14)12-3-4-13-11(10-12)2-1-6-15-13/h3-4,8-10,15,17H,1-2,5-7H2. The Morgan fingerprint density at radius 3 is 3.10 bits per heavy atom. The van der Waals surface area contributed by atoms with Gasteiger partial charge in [0.1, 0.15) is 0 Å². The number of nitrogens with one attached hydrogen (secondary N) is 2. The highest BCUT2D eigenvalue weighted by Gasteiger charge is 2.17. The smallest absolute Gasteiger partial charge is 0.240 e. The minimum atomic E-state index is -3.45. The molecule has 1 aliphatic rings. The van der Waals surface area contributed by atoms with E-state index >= 15 is 0 Å². The van der Waals surface area contributed by atoms with Gasteiger partial charge in [0.05, 0.1) is 9.90 Å². The fourth-order valence-electron chi connectivity index (χ4n) is 2.37. The highest BCUT2D eigenvalue weighted by Crippen LogP contribution is 2.24. The van der Waals surface area contributed by atoms with Crippen LogP contribution in [-0.4, -0.2) is 26.5 Å². The Morgan fingerprint density at radius 1 is 1.38 bits per heavy atom. The number of rotatable bonds is 5. The van der Waals surface area contributed by atoms with Gasteiger partial charge >= 0.3 is 0 Å². The summed E-state index contributed by atoms with van der Waals surface area (Å²) in [4.78, 5) is 4.48. The SMILES string of the molecule is O=S(=O)(NCCc1nccs1)c1ccc2c(c1)CCCN2. The zero-order valence-corrected chi connectivity index (χ0v) is 13.1. The molecule has 0 saturated carbocycles. The summed E-state index contributed by atoms with van der Waals surface area (Å²) in [7, 11) is -3.45. The number of aromatic nitrogens is 1. The van der Waals surface area contributed by atoms with Crippen molar-refractivity contribution in [1.29, 1.82) is 0 Å². The Balaban J connectivity index is 1.69. The second kappa shape index (κ2) is 6.13. The Morgan fingerprint density at radius 2 is 2.29 bits per heavy atom. The first-order chi connectivity index (χ1) is 10.1. The van der Waals surface area contributed by atoms with E-state index in [9.17, 15) is 8.42 Å². The summed E-state index contributed by atoms with van der Waals surface area (Å²) in [5, 5.41) is 6.11. The molecule has 0 unspecified atom stereocenters. The molecule has 21 heavy (non-hydrogen) atoms. The van der Waals surface area contributed by atoms with Gasteiger partial charge in [-0.3, -0.25) is 0 Å². The summed E-state index contributed by atoms with van der Waals surface area (Å²) >= 11 is 1.53. The van der Waals surface area contributed by atoms with E-state index < -0.39 is 10.0 Å². The molecular weight excluding hydrogens is 306 g/mol. The molecule has 0 saturated heterocycles. The molecule has 0 atom stereocenters. The Labute approximate surface area is 128 Å². The van der Waals surface area contributed by atoms with E-state index in [1.54, 1.807) is 18.3 Å². The number of benzene rings is 1. The van der Waals surface area contributed by atoms with Crippen LogP contribution in [0.5, 0.6) is 0 Å². The molecule has 7 heteroatoms. The topological polar surface area (TPSA) is 71.1 Å². The van der Waals surface area contributed by atoms with Crippen LogP contribution < -0.4 is 10.0 Å². The van der Waals surface area contributed by atoms with Crippen molar-refractivity contribution in [2.24, 2.45) is 0 Å². The van der Waals surface area contributed by atoms with Crippen molar-refractivity contribution in [2.45, 2.75) is 24.2 Å². The van der Waals surface area contributed by atoms with Crippen LogP contribution in [0.4, 0.5) is 5.69 Å². The number of nitrogens with zero attached hydrogens (tertiary/aromatic N) is 1. The van der Waals surface area contributed by atoms with Gasteiger partial charge in [-0.25, -0.2) is 18.1 Å². The largest absolute Gasteiger partial charge is 0.385 e. The van der Waals surface area contributed by atoms with Gasteiger partial charge < -0.3 is 5.32 Å². The third kappa shape index (κ3) is 3.42. The maximum atomic E-state index is 12.3. The van der Waals surface area contributed by atoms with Gasteiger partial charge in [0.25, 0.3) is 0 Å². The Bertz CT molecular complexity index is 712. The molecule has 2 N–H and O–H groups in total. The summed E-state index contributed by atoms with van der Waals surface area (Å²) in [6.45, 7) is 1.32. The molecule has 112 valence electrons. The van der Waals surface area contributed by atoms with E-state index in [4.69, 9.17) is 0 Å². The second-order valence-electron chi connectivity index (χ2n) is 4.92. The van der Waals surface area contributed by atoms with Crippen molar-refractivity contribution < 1.29 is 8.42 Å². The summed E-state index contributed by atoms with van der Waals surface area (Å²) in [5.74, 6) is 0. The summed E-state index contributed by atoms with van der Waals surface area (Å²) < 4.78 is 27.2. The molecule has 2 aromatic rings. The predicted molar refractivity (Wildman–Crippen MR) is 84.3 cm³/mol. The summed E-state index contributed by atoms with van der Waals surface area (Å²) in [6.07, 6.45) is 4.30. The Kier molecular flexibility index (Phi) is 4.23. The highest BCUT2D eigenvalue weighted by atomic mass is 32.2. The zero-order chi connectivity index (χ0) is 14.7. The molecule has 0 amide bonds. The lowest BCUT2D eigenvalue weighted by molar-refractivity contribution is 0.581. The molecule has 1 aromatic carbocycles. The van der Waals surface area contributed by atoms with Crippen LogP contribution >= 0.6 is 11.3 Å². The van der Waals surface area contributed by atoms with E-state index in [0.717, 1.165) is 35.6 Å². The lowest BCUT2D eigenvalue weighted by atomic mass is 10.0. The molecule has 0 aliphatic carbocycles. The van der Waals surface area contributed by atoms with Crippen molar-refractivity contribution in [2.75, 3.05) is 18.4 Å². The number of fused-ring (bicyclic) bond motifs is 1. The van der Waals surface area contributed by atoms with Crippen LogP contribution in [0.3, 0.4) is 0 Å². The summed E-state index contributed by atoms with van der Waals surface area (Å²) in [6, 6.07) is 5.28. The second-order valence-corrected chi connectivity index (χ2v) is 7.67. The molecule has 0 spiro atoms. The lowest BCUT2D eigenvalue weighted by Crippen LogP contribution is -2.26. The predicted octanol–water partition coefficient (Wildman–Crippen LogP) is 2.02. The number of hydrogen-bond acceptors (Lipinski definition) is 5. The maximum absolute atomic E-state index is 12.3. The van der Waals surface area contributed by atoms with Gasteiger partial charge in [-0.15, -0.1) is 11.3 Å². The monoisotopic (exact) mass is 323 g/mol. The number of aryl methyl sites for hydroxylation is 1. The molecule has 3 rings (SSSR count). The van der Waals surface area contributed by atoms with Gasteiger partial charge in [0, 0.05) is 36.8 Å². The van der Waals surface area contributed by atoms with Gasteiger partial charge in [-0.2, -0.15) is 0 Å². The number of hydrogen-bond donors (Lipinski definition) is 2. The molecule has 2 heterocycles. The normalized spacial score (nSPS) is 14.5. The van der Waals surface area contributed by atoms with Gasteiger partial charge in [0.2, 0.25) is 10.0 Å². The van der Waals surface area contributed by atoms with Crippen molar-refractivity contribution in [3.63, 3.8) is 0 Å². The fraction of sp³-hybridized carbons (Fsp3) is 0.357. The third-order valence-electron chi connectivity index (χ3n) is 3.44. The molecule has 0 radical (unpaired) electrons. The number of thiazole rings is 1.